The normalized spacial score (nSPS) is 15.4. The minimum atomic E-state index is -0.592. The molecule has 1 saturated heterocycles. The molecule has 1 aliphatic heterocycles. The molecule has 0 radical (unpaired) electrons. The number of halogens is 1. The summed E-state index contributed by atoms with van der Waals surface area (Å²) in [6.45, 7) is 3.26. The SMILES string of the molecule is CCOC(=O)COC1(c2ccc(OCc3csc(Br)n3)cc2)COC1. The fourth-order valence-corrected chi connectivity index (χ4v) is 3.41. The lowest BCUT2D eigenvalue weighted by Gasteiger charge is -2.41. The third-order valence-corrected chi connectivity index (χ3v) is 5.15. The van der Waals surface area contributed by atoms with Crippen molar-refractivity contribution < 1.29 is 23.7 Å². The average molecular weight is 428 g/mol. The number of carbonyl (C=O) groups is 1. The molecule has 8 heteroatoms. The van der Waals surface area contributed by atoms with E-state index in [-0.39, 0.29) is 12.6 Å². The fourth-order valence-electron chi connectivity index (χ4n) is 2.38. The highest BCUT2D eigenvalue weighted by Crippen LogP contribution is 2.34. The molecular weight excluding hydrogens is 410 g/mol. The first-order chi connectivity index (χ1) is 12.1. The van der Waals surface area contributed by atoms with Crippen molar-refractivity contribution in [2.75, 3.05) is 26.4 Å². The monoisotopic (exact) mass is 427 g/mol. The second-order valence-corrected chi connectivity index (χ2v) is 7.62. The van der Waals surface area contributed by atoms with Crippen LogP contribution in [0.4, 0.5) is 0 Å². The Labute approximate surface area is 158 Å². The van der Waals surface area contributed by atoms with Gasteiger partial charge in [0.1, 0.15) is 24.6 Å². The maximum atomic E-state index is 11.5. The molecule has 3 rings (SSSR count). The summed E-state index contributed by atoms with van der Waals surface area (Å²) in [6, 6.07) is 7.62. The van der Waals surface area contributed by atoms with Crippen molar-refractivity contribution in [3.05, 3.63) is 44.8 Å². The summed E-state index contributed by atoms with van der Waals surface area (Å²) in [5, 5.41) is 1.95. The minimum Gasteiger partial charge on any atom is -0.487 e. The zero-order chi connectivity index (χ0) is 17.7. The Hall–Kier alpha value is -1.48. The van der Waals surface area contributed by atoms with Crippen LogP contribution in [0, 0.1) is 0 Å². The number of nitrogens with zero attached hydrogens (tertiary/aromatic N) is 1. The molecule has 1 aromatic heterocycles. The van der Waals surface area contributed by atoms with E-state index in [0.29, 0.717) is 26.4 Å². The molecule has 0 saturated carbocycles. The molecule has 25 heavy (non-hydrogen) atoms. The molecule has 0 unspecified atom stereocenters. The average Bonchev–Trinajstić information content (AvgIpc) is 2.99. The molecule has 0 aliphatic carbocycles. The van der Waals surface area contributed by atoms with Gasteiger partial charge in [0.05, 0.1) is 25.5 Å². The van der Waals surface area contributed by atoms with E-state index in [4.69, 9.17) is 18.9 Å². The van der Waals surface area contributed by atoms with Crippen LogP contribution in [0.15, 0.2) is 33.6 Å². The van der Waals surface area contributed by atoms with Gasteiger partial charge in [-0.15, -0.1) is 11.3 Å². The van der Waals surface area contributed by atoms with Crippen molar-refractivity contribution in [1.82, 2.24) is 4.98 Å². The molecule has 0 bridgehead atoms. The van der Waals surface area contributed by atoms with Crippen molar-refractivity contribution in [1.29, 1.82) is 0 Å². The van der Waals surface area contributed by atoms with E-state index in [9.17, 15) is 4.79 Å². The standard InChI is InChI=1S/C17H18BrNO5S/c1-2-22-15(20)8-24-17(10-21-11-17)12-3-5-14(6-4-12)23-7-13-9-25-16(18)19-13/h3-6,9H,2,7-8,10-11H2,1H3. The van der Waals surface area contributed by atoms with Crippen LogP contribution in [0.1, 0.15) is 18.2 Å². The van der Waals surface area contributed by atoms with Crippen LogP contribution in [0.5, 0.6) is 5.75 Å². The Morgan fingerprint density at radius 2 is 2.12 bits per heavy atom. The summed E-state index contributed by atoms with van der Waals surface area (Å²) >= 11 is 4.86. The van der Waals surface area contributed by atoms with Gasteiger partial charge >= 0.3 is 5.97 Å². The van der Waals surface area contributed by atoms with E-state index in [1.807, 2.05) is 29.6 Å². The van der Waals surface area contributed by atoms with E-state index in [2.05, 4.69) is 20.9 Å². The van der Waals surface area contributed by atoms with Gasteiger partial charge in [-0.1, -0.05) is 12.1 Å². The first kappa shape index (κ1) is 18.3. The first-order valence-corrected chi connectivity index (χ1v) is 9.49. The molecular formula is C17H18BrNO5S. The lowest BCUT2D eigenvalue weighted by molar-refractivity contribution is -0.221. The molecule has 1 fully saturated rings. The number of hydrogen-bond donors (Lipinski definition) is 0. The molecule has 1 aliphatic rings. The van der Waals surface area contributed by atoms with Gasteiger partial charge < -0.3 is 18.9 Å². The summed E-state index contributed by atoms with van der Waals surface area (Å²) in [5.41, 5.74) is 1.24. The lowest BCUT2D eigenvalue weighted by atomic mass is 9.91. The van der Waals surface area contributed by atoms with Crippen LogP contribution < -0.4 is 4.74 Å². The summed E-state index contributed by atoms with van der Waals surface area (Å²) in [6.07, 6.45) is 0. The highest BCUT2D eigenvalue weighted by Gasteiger charge is 2.42. The summed E-state index contributed by atoms with van der Waals surface area (Å²) in [4.78, 5) is 15.8. The number of esters is 1. The maximum absolute atomic E-state index is 11.5. The van der Waals surface area contributed by atoms with Crippen molar-refractivity contribution in [2.45, 2.75) is 19.1 Å². The van der Waals surface area contributed by atoms with Crippen LogP contribution >= 0.6 is 27.3 Å². The maximum Gasteiger partial charge on any atom is 0.332 e. The largest absolute Gasteiger partial charge is 0.487 e. The number of hydrogen-bond acceptors (Lipinski definition) is 7. The van der Waals surface area contributed by atoms with E-state index in [1.54, 1.807) is 6.92 Å². The number of thiazole rings is 1. The number of carbonyl (C=O) groups excluding carboxylic acids is 1. The molecule has 2 heterocycles. The Morgan fingerprint density at radius 3 is 2.68 bits per heavy atom. The van der Waals surface area contributed by atoms with Gasteiger partial charge in [0, 0.05) is 5.38 Å². The van der Waals surface area contributed by atoms with Crippen molar-refractivity contribution in [3.63, 3.8) is 0 Å². The molecule has 134 valence electrons. The quantitative estimate of drug-likeness (QED) is 0.602. The zero-order valence-corrected chi connectivity index (χ0v) is 16.1. The highest BCUT2D eigenvalue weighted by molar-refractivity contribution is 9.11. The topological polar surface area (TPSA) is 66.9 Å². The molecule has 6 nitrogen and oxygen atoms in total. The Bertz CT molecular complexity index is 714. The van der Waals surface area contributed by atoms with Crippen LogP contribution in [0.3, 0.4) is 0 Å². The molecule has 2 aromatic rings. The number of aromatic nitrogens is 1. The van der Waals surface area contributed by atoms with E-state index < -0.39 is 5.60 Å². The highest BCUT2D eigenvalue weighted by atomic mass is 79.9. The first-order valence-electron chi connectivity index (χ1n) is 7.82. The third-order valence-electron chi connectivity index (χ3n) is 3.73. The number of ether oxygens (including phenoxy) is 4. The van der Waals surface area contributed by atoms with Gasteiger partial charge in [-0.3, -0.25) is 0 Å². The summed E-state index contributed by atoms with van der Waals surface area (Å²) in [7, 11) is 0. The van der Waals surface area contributed by atoms with Crippen molar-refractivity contribution >= 4 is 33.2 Å². The zero-order valence-electron chi connectivity index (χ0n) is 13.7. The minimum absolute atomic E-state index is 0.0891. The van der Waals surface area contributed by atoms with Crippen LogP contribution in [-0.2, 0) is 31.2 Å². The van der Waals surface area contributed by atoms with Gasteiger partial charge in [-0.05, 0) is 40.5 Å². The Balaban J connectivity index is 1.59. The third kappa shape index (κ3) is 4.58. The van der Waals surface area contributed by atoms with Gasteiger partial charge in [-0.2, -0.15) is 0 Å². The molecule has 0 atom stereocenters. The molecule has 0 amide bonds. The summed E-state index contributed by atoms with van der Waals surface area (Å²) in [5.74, 6) is 0.372. The van der Waals surface area contributed by atoms with Crippen molar-refractivity contribution in [3.8, 4) is 5.75 Å². The van der Waals surface area contributed by atoms with Gasteiger partial charge in [-0.25, -0.2) is 9.78 Å². The van der Waals surface area contributed by atoms with Gasteiger partial charge in [0.2, 0.25) is 0 Å². The van der Waals surface area contributed by atoms with E-state index in [0.717, 1.165) is 20.9 Å². The Morgan fingerprint density at radius 1 is 1.36 bits per heavy atom. The lowest BCUT2D eigenvalue weighted by Crippen LogP contribution is -2.49. The van der Waals surface area contributed by atoms with Crippen LogP contribution in [0.2, 0.25) is 0 Å². The second-order valence-electron chi connectivity index (χ2n) is 5.49. The van der Waals surface area contributed by atoms with Crippen LogP contribution in [-0.4, -0.2) is 37.4 Å². The number of rotatable bonds is 8. The predicted octanol–water partition coefficient (Wildman–Crippen LogP) is 3.29. The smallest absolute Gasteiger partial charge is 0.332 e. The van der Waals surface area contributed by atoms with E-state index >= 15 is 0 Å². The molecule has 1 aromatic carbocycles. The van der Waals surface area contributed by atoms with Crippen molar-refractivity contribution in [2.24, 2.45) is 0 Å². The van der Waals surface area contributed by atoms with E-state index in [1.165, 1.54) is 11.3 Å². The number of benzene rings is 1. The fraction of sp³-hybridized carbons (Fsp3) is 0.412. The molecule has 0 N–H and O–H groups in total. The summed E-state index contributed by atoms with van der Waals surface area (Å²) < 4.78 is 22.6. The van der Waals surface area contributed by atoms with Crippen LogP contribution in [0.25, 0.3) is 0 Å². The molecule has 0 spiro atoms. The van der Waals surface area contributed by atoms with Gasteiger partial charge in [0.15, 0.2) is 3.92 Å². The second kappa shape index (κ2) is 8.27. The van der Waals surface area contributed by atoms with Gasteiger partial charge in [0.25, 0.3) is 0 Å². The predicted molar refractivity (Wildman–Crippen MR) is 95.7 cm³/mol. The Kier molecular flexibility index (Phi) is 6.06.